The number of benzene rings is 9. The second kappa shape index (κ2) is 15.2. The van der Waals surface area contributed by atoms with Crippen LogP contribution >= 0.6 is 0 Å². The zero-order valence-corrected chi connectivity index (χ0v) is 34.5. The molecule has 0 saturated heterocycles. The number of fused-ring (bicyclic) bond motifs is 6. The molecule has 0 amide bonds. The van der Waals surface area contributed by atoms with Crippen LogP contribution in [-0.2, 0) is 0 Å². The molecular weight excluding hydrogens is 781 g/mol. The lowest BCUT2D eigenvalue weighted by Crippen LogP contribution is -2.00. The number of para-hydroxylation sites is 3. The van der Waals surface area contributed by atoms with Crippen LogP contribution in [0.4, 0.5) is 5.69 Å². The quantitative estimate of drug-likeness (QED) is 0.151. The van der Waals surface area contributed by atoms with E-state index in [-0.39, 0.29) is 0 Å². The molecule has 64 heavy (non-hydrogen) atoms. The predicted octanol–water partition coefficient (Wildman–Crippen LogP) is 15.0. The number of hydrogen-bond donors (Lipinski definition) is 0. The summed E-state index contributed by atoms with van der Waals surface area (Å²) in [5.41, 5.74) is 14.1. The molecule has 12 aromatic rings. The van der Waals surface area contributed by atoms with Gasteiger partial charge in [0.1, 0.15) is 0 Å². The Morgan fingerprint density at radius 1 is 0.297 bits per heavy atom. The first-order valence-corrected chi connectivity index (χ1v) is 21.3. The number of hydrogen-bond acceptors (Lipinski definition) is 3. The van der Waals surface area contributed by atoms with Crippen molar-refractivity contribution in [1.29, 1.82) is 0 Å². The van der Waals surface area contributed by atoms with Gasteiger partial charge in [-0.15, -0.1) is 0 Å². The monoisotopic (exact) mass is 816 g/mol. The normalized spacial score (nSPS) is 11.4. The molecule has 0 aliphatic rings. The Hall–Kier alpha value is -8.92. The summed E-state index contributed by atoms with van der Waals surface area (Å²) in [6, 6.07) is 75.9. The zero-order valence-electron chi connectivity index (χ0n) is 34.5. The Bertz CT molecular complexity index is 3710. The minimum Gasteiger partial charge on any atom is -0.309 e. The van der Waals surface area contributed by atoms with Gasteiger partial charge in [0.2, 0.25) is 0 Å². The molecule has 298 valence electrons. The molecule has 3 aromatic heterocycles. The van der Waals surface area contributed by atoms with Gasteiger partial charge in [0.05, 0.1) is 28.6 Å². The molecule has 0 unspecified atom stereocenters. The summed E-state index contributed by atoms with van der Waals surface area (Å²) in [5, 5.41) is 4.77. The molecule has 3 heterocycles. The highest BCUT2D eigenvalue weighted by atomic mass is 15.0. The maximum Gasteiger partial charge on any atom is 0.188 e. The Balaban J connectivity index is 0.941. The summed E-state index contributed by atoms with van der Waals surface area (Å²) in [5.74, 6) is 1.67. The molecule has 0 aliphatic heterocycles. The smallest absolute Gasteiger partial charge is 0.188 e. The van der Waals surface area contributed by atoms with Crippen LogP contribution in [0.2, 0.25) is 0 Å². The van der Waals surface area contributed by atoms with Gasteiger partial charge in [-0.25, -0.2) is 19.8 Å². The standard InChI is InChI=1S/C58H36N6/c1-59-45-34-43(33-44(35-45)58-61-56(39-15-5-2-6-16-39)60-57(62-58)40-17-7-3-8-18-40)41-28-32-54-51(36-41)49-22-12-14-24-53(49)63(54)47-29-25-38(26-30-47)42-27-31-50-48-21-11-13-23-52(48)64(55(50)37-42)46-19-9-4-10-20-46/h2-37H. The van der Waals surface area contributed by atoms with Crippen molar-refractivity contribution < 1.29 is 0 Å². The van der Waals surface area contributed by atoms with E-state index in [4.69, 9.17) is 21.5 Å². The minimum absolute atomic E-state index is 0.513. The molecule has 6 heteroatoms. The minimum atomic E-state index is 0.513. The van der Waals surface area contributed by atoms with Crippen molar-refractivity contribution in [3.8, 4) is 67.8 Å². The second-order valence-corrected chi connectivity index (χ2v) is 16.0. The van der Waals surface area contributed by atoms with Crippen LogP contribution in [0.1, 0.15) is 0 Å². The van der Waals surface area contributed by atoms with E-state index in [0.29, 0.717) is 23.2 Å². The Morgan fingerprint density at radius 3 is 1.39 bits per heavy atom. The highest BCUT2D eigenvalue weighted by Gasteiger charge is 2.18. The molecule has 12 rings (SSSR count). The average molecular weight is 817 g/mol. The predicted molar refractivity (Wildman–Crippen MR) is 262 cm³/mol. The van der Waals surface area contributed by atoms with E-state index in [1.54, 1.807) is 0 Å². The summed E-state index contributed by atoms with van der Waals surface area (Å²) in [4.78, 5) is 18.7. The molecule has 0 spiro atoms. The molecule has 0 N–H and O–H groups in total. The summed E-state index contributed by atoms with van der Waals surface area (Å²) in [7, 11) is 0. The second-order valence-electron chi connectivity index (χ2n) is 16.0. The van der Waals surface area contributed by atoms with Crippen LogP contribution in [0.5, 0.6) is 0 Å². The van der Waals surface area contributed by atoms with Gasteiger partial charge in [0, 0.05) is 49.6 Å². The molecule has 0 aliphatic carbocycles. The number of rotatable bonds is 7. The largest absolute Gasteiger partial charge is 0.309 e. The molecule has 0 bridgehead atoms. The third-order valence-electron chi connectivity index (χ3n) is 12.2. The van der Waals surface area contributed by atoms with E-state index in [9.17, 15) is 0 Å². The van der Waals surface area contributed by atoms with Crippen LogP contribution in [0.15, 0.2) is 218 Å². The first kappa shape index (κ1) is 36.9. The molecule has 0 radical (unpaired) electrons. The lowest BCUT2D eigenvalue weighted by atomic mass is 9.99. The lowest BCUT2D eigenvalue weighted by molar-refractivity contribution is 1.07. The topological polar surface area (TPSA) is 52.9 Å². The lowest BCUT2D eigenvalue weighted by Gasteiger charge is -2.12. The van der Waals surface area contributed by atoms with Crippen LogP contribution in [-0.4, -0.2) is 24.1 Å². The van der Waals surface area contributed by atoms with E-state index >= 15 is 0 Å². The number of aromatic nitrogens is 5. The maximum absolute atomic E-state index is 8.09. The van der Waals surface area contributed by atoms with Gasteiger partial charge >= 0.3 is 0 Å². The fourth-order valence-corrected chi connectivity index (χ4v) is 9.15. The maximum atomic E-state index is 8.09. The van der Waals surface area contributed by atoms with Gasteiger partial charge in [0.25, 0.3) is 0 Å². The first-order valence-electron chi connectivity index (χ1n) is 21.3. The van der Waals surface area contributed by atoms with E-state index in [1.807, 2.05) is 72.8 Å². The fraction of sp³-hybridized carbons (Fsp3) is 0. The van der Waals surface area contributed by atoms with Gasteiger partial charge in [-0.2, -0.15) is 0 Å². The van der Waals surface area contributed by atoms with E-state index in [1.165, 1.54) is 21.8 Å². The highest BCUT2D eigenvalue weighted by molar-refractivity contribution is 6.11. The van der Waals surface area contributed by atoms with Crippen LogP contribution < -0.4 is 0 Å². The van der Waals surface area contributed by atoms with Crippen LogP contribution in [0.3, 0.4) is 0 Å². The summed E-state index contributed by atoms with van der Waals surface area (Å²) in [6.07, 6.45) is 0. The number of nitrogens with zero attached hydrogens (tertiary/aromatic N) is 6. The van der Waals surface area contributed by atoms with Crippen molar-refractivity contribution in [2.24, 2.45) is 0 Å². The highest BCUT2D eigenvalue weighted by Crippen LogP contribution is 2.39. The van der Waals surface area contributed by atoms with Crippen molar-refractivity contribution in [2.45, 2.75) is 0 Å². The molecule has 9 aromatic carbocycles. The Morgan fingerprint density at radius 2 is 0.750 bits per heavy atom. The first-order chi connectivity index (χ1) is 31.7. The van der Waals surface area contributed by atoms with Crippen molar-refractivity contribution in [2.75, 3.05) is 0 Å². The molecule has 6 nitrogen and oxygen atoms in total. The van der Waals surface area contributed by atoms with Crippen molar-refractivity contribution in [1.82, 2.24) is 24.1 Å². The van der Waals surface area contributed by atoms with Gasteiger partial charge in [0.15, 0.2) is 23.2 Å². The molecule has 0 atom stereocenters. The van der Waals surface area contributed by atoms with Gasteiger partial charge in [-0.3, -0.25) is 0 Å². The van der Waals surface area contributed by atoms with Gasteiger partial charge in [-0.1, -0.05) is 146 Å². The Labute approximate surface area is 369 Å². The summed E-state index contributed by atoms with van der Waals surface area (Å²) >= 11 is 0. The molecular formula is C58H36N6. The van der Waals surface area contributed by atoms with Crippen molar-refractivity contribution in [3.05, 3.63) is 230 Å². The Kier molecular flexibility index (Phi) is 8.77. The van der Waals surface area contributed by atoms with E-state index in [0.717, 1.165) is 72.1 Å². The zero-order chi connectivity index (χ0) is 42.6. The third kappa shape index (κ3) is 6.31. The van der Waals surface area contributed by atoms with Crippen LogP contribution in [0, 0.1) is 6.57 Å². The molecule has 0 fully saturated rings. The van der Waals surface area contributed by atoms with E-state index in [2.05, 4.69) is 160 Å². The summed E-state index contributed by atoms with van der Waals surface area (Å²) in [6.45, 7) is 8.09. The SMILES string of the molecule is [C-]#[N+]c1cc(-c2ccc3c(c2)c2ccccc2n3-c2ccc(-c3ccc4c5ccccc5n(-c5ccccc5)c4c3)cc2)cc(-c2nc(-c3ccccc3)nc(-c3ccccc3)n2)c1. The third-order valence-corrected chi connectivity index (χ3v) is 12.2. The van der Waals surface area contributed by atoms with E-state index < -0.39 is 0 Å². The van der Waals surface area contributed by atoms with Gasteiger partial charge < -0.3 is 9.13 Å². The fourth-order valence-electron chi connectivity index (χ4n) is 9.15. The van der Waals surface area contributed by atoms with Crippen molar-refractivity contribution in [3.63, 3.8) is 0 Å². The average Bonchev–Trinajstić information content (AvgIpc) is 3.89. The van der Waals surface area contributed by atoms with Gasteiger partial charge in [-0.05, 0) is 95.1 Å². The summed E-state index contributed by atoms with van der Waals surface area (Å²) < 4.78 is 4.71. The molecule has 0 saturated carbocycles. The van der Waals surface area contributed by atoms with Crippen LogP contribution in [0.25, 0.3) is 116 Å². The van der Waals surface area contributed by atoms with Crippen molar-refractivity contribution >= 4 is 49.3 Å².